The summed E-state index contributed by atoms with van der Waals surface area (Å²) in [6.07, 6.45) is 1.54. The summed E-state index contributed by atoms with van der Waals surface area (Å²) in [7, 11) is 0. The van der Waals surface area contributed by atoms with Crippen LogP contribution in [0.15, 0.2) is 64.2 Å². The van der Waals surface area contributed by atoms with Gasteiger partial charge in [-0.2, -0.15) is 5.10 Å². The molecule has 2 N–H and O–H groups in total. The van der Waals surface area contributed by atoms with E-state index in [0.29, 0.717) is 10.0 Å². The number of rotatable bonds is 5. The first kappa shape index (κ1) is 15.9. The van der Waals surface area contributed by atoms with Crippen LogP contribution in [-0.2, 0) is 4.79 Å². The number of amides is 2. The summed E-state index contributed by atoms with van der Waals surface area (Å²) in [6.45, 7) is -0.147. The number of halogens is 1. The molecule has 2 amide bonds. The highest BCUT2D eigenvalue weighted by molar-refractivity contribution is 9.10. The summed E-state index contributed by atoms with van der Waals surface area (Å²) in [5.74, 6) is -0.720. The molecule has 0 saturated heterocycles. The third-order valence-corrected chi connectivity index (χ3v) is 3.42. The molecule has 2 rings (SSSR count). The van der Waals surface area contributed by atoms with Gasteiger partial charge in [-0.15, -0.1) is 0 Å². The number of nitrogens with one attached hydrogen (secondary N) is 2. The first-order valence-corrected chi connectivity index (χ1v) is 7.36. The molecule has 6 heteroatoms. The van der Waals surface area contributed by atoms with Crippen molar-refractivity contribution in [3.05, 3.63) is 70.2 Å². The van der Waals surface area contributed by atoms with Crippen LogP contribution in [-0.4, -0.2) is 24.6 Å². The van der Waals surface area contributed by atoms with Gasteiger partial charge in [-0.3, -0.25) is 9.59 Å². The Morgan fingerprint density at radius 3 is 2.45 bits per heavy atom. The van der Waals surface area contributed by atoms with Crippen LogP contribution in [0.3, 0.4) is 0 Å². The van der Waals surface area contributed by atoms with Crippen molar-refractivity contribution in [1.29, 1.82) is 0 Å². The topological polar surface area (TPSA) is 70.6 Å². The van der Waals surface area contributed by atoms with Crippen molar-refractivity contribution in [2.45, 2.75) is 0 Å². The van der Waals surface area contributed by atoms with Gasteiger partial charge >= 0.3 is 0 Å². The normalized spacial score (nSPS) is 10.4. The molecule has 5 nitrogen and oxygen atoms in total. The predicted octanol–water partition coefficient (Wildman–Crippen LogP) is 2.33. The smallest absolute Gasteiger partial charge is 0.259 e. The van der Waals surface area contributed by atoms with Gasteiger partial charge in [0, 0.05) is 4.47 Å². The first-order chi connectivity index (χ1) is 10.7. The number of carbonyl (C=O) groups excluding carboxylic acids is 2. The molecule has 0 aliphatic heterocycles. The second-order valence-electron chi connectivity index (χ2n) is 4.37. The van der Waals surface area contributed by atoms with Crippen LogP contribution in [0.1, 0.15) is 15.9 Å². The van der Waals surface area contributed by atoms with E-state index in [0.717, 1.165) is 5.56 Å². The van der Waals surface area contributed by atoms with Gasteiger partial charge in [0.15, 0.2) is 0 Å². The molecule has 2 aromatic rings. The van der Waals surface area contributed by atoms with Crippen LogP contribution in [0.25, 0.3) is 0 Å². The molecule has 112 valence electrons. The molecule has 0 atom stereocenters. The lowest BCUT2D eigenvalue weighted by molar-refractivity contribution is -0.120. The predicted molar refractivity (Wildman–Crippen MR) is 88.7 cm³/mol. The molecule has 2 aromatic carbocycles. The number of carbonyl (C=O) groups is 2. The maximum Gasteiger partial charge on any atom is 0.259 e. The molecule has 0 heterocycles. The van der Waals surface area contributed by atoms with Crippen LogP contribution in [0.4, 0.5) is 0 Å². The maximum absolute atomic E-state index is 11.9. The Labute approximate surface area is 136 Å². The Morgan fingerprint density at radius 2 is 1.73 bits per heavy atom. The van der Waals surface area contributed by atoms with E-state index in [1.807, 2.05) is 36.4 Å². The summed E-state index contributed by atoms with van der Waals surface area (Å²) < 4.78 is 0.676. The van der Waals surface area contributed by atoms with Crippen molar-refractivity contribution in [3.63, 3.8) is 0 Å². The standard InChI is InChI=1S/C16H14BrN3O2/c17-14-9-5-4-8-13(14)16(22)18-11-15(21)20-19-10-12-6-2-1-3-7-12/h1-10H,11H2,(H,18,22)(H,20,21). The lowest BCUT2D eigenvalue weighted by Crippen LogP contribution is -2.35. The average Bonchev–Trinajstić information content (AvgIpc) is 2.54. The van der Waals surface area contributed by atoms with Crippen molar-refractivity contribution in [2.75, 3.05) is 6.54 Å². The zero-order valence-corrected chi connectivity index (χ0v) is 13.2. The van der Waals surface area contributed by atoms with E-state index in [2.05, 4.69) is 31.8 Å². The van der Waals surface area contributed by atoms with E-state index >= 15 is 0 Å². The lowest BCUT2D eigenvalue weighted by Gasteiger charge is -2.05. The highest BCUT2D eigenvalue weighted by atomic mass is 79.9. The minimum absolute atomic E-state index is 0.147. The molecule has 0 aliphatic rings. The van der Waals surface area contributed by atoms with Crippen molar-refractivity contribution in [1.82, 2.24) is 10.7 Å². The monoisotopic (exact) mass is 359 g/mol. The quantitative estimate of drug-likeness (QED) is 0.635. The van der Waals surface area contributed by atoms with Crippen LogP contribution >= 0.6 is 15.9 Å². The summed E-state index contributed by atoms with van der Waals surface area (Å²) in [6, 6.07) is 16.4. The highest BCUT2D eigenvalue weighted by Crippen LogP contribution is 2.15. The molecule has 0 fully saturated rings. The first-order valence-electron chi connectivity index (χ1n) is 6.56. The van der Waals surface area contributed by atoms with E-state index in [9.17, 15) is 9.59 Å². The Bertz CT molecular complexity index is 687. The van der Waals surface area contributed by atoms with E-state index in [1.54, 1.807) is 18.2 Å². The SMILES string of the molecule is O=C(CNC(=O)c1ccccc1Br)NN=Cc1ccccc1. The van der Waals surface area contributed by atoms with Gasteiger partial charge in [0.05, 0.1) is 18.3 Å². The summed E-state index contributed by atoms with van der Waals surface area (Å²) >= 11 is 3.29. The van der Waals surface area contributed by atoms with Crippen molar-refractivity contribution >= 4 is 34.0 Å². The van der Waals surface area contributed by atoms with Crippen molar-refractivity contribution in [2.24, 2.45) is 5.10 Å². The third kappa shape index (κ3) is 4.82. The van der Waals surface area contributed by atoms with Gasteiger partial charge < -0.3 is 5.32 Å². The average molecular weight is 360 g/mol. The number of benzene rings is 2. The molecule has 22 heavy (non-hydrogen) atoms. The highest BCUT2D eigenvalue weighted by Gasteiger charge is 2.10. The van der Waals surface area contributed by atoms with Crippen LogP contribution in [0.2, 0.25) is 0 Å². The van der Waals surface area contributed by atoms with Crippen LogP contribution in [0, 0.1) is 0 Å². The van der Waals surface area contributed by atoms with Gasteiger partial charge in [-0.05, 0) is 33.6 Å². The van der Waals surface area contributed by atoms with Crippen LogP contribution in [0.5, 0.6) is 0 Å². The second-order valence-corrected chi connectivity index (χ2v) is 5.22. The van der Waals surface area contributed by atoms with E-state index in [1.165, 1.54) is 6.21 Å². The maximum atomic E-state index is 11.9. The third-order valence-electron chi connectivity index (χ3n) is 2.73. The fourth-order valence-corrected chi connectivity index (χ4v) is 2.12. The Kier molecular flexibility index (Phi) is 5.85. The Hall–Kier alpha value is -2.47. The fraction of sp³-hybridized carbons (Fsp3) is 0.0625. The van der Waals surface area contributed by atoms with Crippen LogP contribution < -0.4 is 10.7 Å². The zero-order chi connectivity index (χ0) is 15.8. The fourth-order valence-electron chi connectivity index (χ4n) is 1.66. The van der Waals surface area contributed by atoms with Gasteiger partial charge in [0.1, 0.15) is 0 Å². The van der Waals surface area contributed by atoms with Gasteiger partial charge in [0.2, 0.25) is 0 Å². The largest absolute Gasteiger partial charge is 0.343 e. The van der Waals surface area contributed by atoms with E-state index in [4.69, 9.17) is 0 Å². The minimum atomic E-state index is -0.396. The molecular formula is C16H14BrN3O2. The molecule has 0 unspecified atom stereocenters. The molecule has 0 bridgehead atoms. The molecule has 0 radical (unpaired) electrons. The number of nitrogens with zero attached hydrogens (tertiary/aromatic N) is 1. The lowest BCUT2D eigenvalue weighted by atomic mass is 10.2. The zero-order valence-electron chi connectivity index (χ0n) is 11.6. The van der Waals surface area contributed by atoms with Crippen molar-refractivity contribution in [3.8, 4) is 0 Å². The van der Waals surface area contributed by atoms with Gasteiger partial charge in [0.25, 0.3) is 11.8 Å². The van der Waals surface area contributed by atoms with E-state index in [-0.39, 0.29) is 12.5 Å². The molecule has 0 aromatic heterocycles. The van der Waals surface area contributed by atoms with E-state index < -0.39 is 5.91 Å². The summed E-state index contributed by atoms with van der Waals surface area (Å²) in [5, 5.41) is 6.36. The number of hydrogen-bond acceptors (Lipinski definition) is 3. The molecule has 0 spiro atoms. The van der Waals surface area contributed by atoms with Gasteiger partial charge in [-0.25, -0.2) is 5.43 Å². The minimum Gasteiger partial charge on any atom is -0.343 e. The molecule has 0 aliphatic carbocycles. The number of hydrazone groups is 1. The summed E-state index contributed by atoms with van der Waals surface area (Å²) in [5.41, 5.74) is 3.71. The Balaban J connectivity index is 1.80. The van der Waals surface area contributed by atoms with Gasteiger partial charge in [-0.1, -0.05) is 42.5 Å². The molecule has 0 saturated carbocycles. The Morgan fingerprint density at radius 1 is 1.05 bits per heavy atom. The summed E-state index contributed by atoms with van der Waals surface area (Å²) in [4.78, 5) is 23.5. The second kappa shape index (κ2) is 8.09. The van der Waals surface area contributed by atoms with Crippen molar-refractivity contribution < 1.29 is 9.59 Å². The number of hydrogen-bond donors (Lipinski definition) is 2. The molecular weight excluding hydrogens is 346 g/mol.